The highest BCUT2D eigenvalue weighted by molar-refractivity contribution is 6.30. The number of anilines is 1. The number of ether oxygens (including phenoxy) is 1. The Hall–Kier alpha value is -1.93. The van der Waals surface area contributed by atoms with Crippen molar-refractivity contribution in [2.45, 2.75) is 12.5 Å². The first-order valence-electron chi connectivity index (χ1n) is 5.93. The van der Waals surface area contributed by atoms with E-state index in [0.29, 0.717) is 17.1 Å². The van der Waals surface area contributed by atoms with Crippen molar-refractivity contribution in [3.05, 3.63) is 28.8 Å². The molecule has 1 aromatic carbocycles. The van der Waals surface area contributed by atoms with Crippen LogP contribution in [-0.4, -0.2) is 32.3 Å². The molecule has 1 heterocycles. The normalized spacial score (nSPS) is 17.9. The molecule has 1 aliphatic heterocycles. The van der Waals surface area contributed by atoms with Gasteiger partial charge < -0.3 is 15.0 Å². The van der Waals surface area contributed by atoms with E-state index in [1.54, 1.807) is 18.2 Å². The lowest BCUT2D eigenvalue weighted by molar-refractivity contribution is 0.167. The smallest absolute Gasteiger partial charge is 0.407 e. The zero-order valence-electron chi connectivity index (χ0n) is 10.5. The minimum absolute atomic E-state index is 0.0259. The second-order valence-electron chi connectivity index (χ2n) is 4.34. The maximum absolute atomic E-state index is 11.2. The molecule has 0 aromatic heterocycles. The SMILES string of the molecule is COC(=O)NC1CCN(c2cc(Cl)ccc2C#N)C1. The average Bonchev–Trinajstić information content (AvgIpc) is 2.86. The lowest BCUT2D eigenvalue weighted by Gasteiger charge is -2.20. The summed E-state index contributed by atoms with van der Waals surface area (Å²) in [6.07, 6.45) is 0.380. The molecule has 1 atom stereocenters. The van der Waals surface area contributed by atoms with E-state index in [-0.39, 0.29) is 6.04 Å². The van der Waals surface area contributed by atoms with Gasteiger partial charge in [0.15, 0.2) is 0 Å². The summed E-state index contributed by atoms with van der Waals surface area (Å²) in [4.78, 5) is 13.2. The van der Waals surface area contributed by atoms with Gasteiger partial charge in [0.2, 0.25) is 0 Å². The third kappa shape index (κ3) is 3.09. The van der Waals surface area contributed by atoms with E-state index >= 15 is 0 Å². The molecule has 100 valence electrons. The van der Waals surface area contributed by atoms with Crippen molar-refractivity contribution in [2.24, 2.45) is 0 Å². The summed E-state index contributed by atoms with van der Waals surface area (Å²) in [6, 6.07) is 7.36. The quantitative estimate of drug-likeness (QED) is 0.901. The van der Waals surface area contributed by atoms with Crippen LogP contribution in [0.4, 0.5) is 10.5 Å². The summed E-state index contributed by atoms with van der Waals surface area (Å²) in [5.74, 6) is 0. The number of halogens is 1. The second kappa shape index (κ2) is 5.81. The Bertz CT molecular complexity index is 527. The van der Waals surface area contributed by atoms with Crippen molar-refractivity contribution in [1.82, 2.24) is 5.32 Å². The zero-order chi connectivity index (χ0) is 13.8. The van der Waals surface area contributed by atoms with Gasteiger partial charge in [-0.2, -0.15) is 5.26 Å². The first kappa shape index (κ1) is 13.5. The number of hydrogen-bond donors (Lipinski definition) is 1. The molecule has 1 aliphatic rings. The third-order valence-electron chi connectivity index (χ3n) is 3.12. The molecule has 2 rings (SSSR count). The summed E-state index contributed by atoms with van der Waals surface area (Å²) in [5.41, 5.74) is 1.40. The van der Waals surface area contributed by atoms with Gasteiger partial charge in [0.1, 0.15) is 6.07 Å². The molecule has 1 amide bonds. The number of benzene rings is 1. The van der Waals surface area contributed by atoms with Gasteiger partial charge >= 0.3 is 6.09 Å². The molecule has 0 aliphatic carbocycles. The molecule has 0 bridgehead atoms. The first-order valence-corrected chi connectivity index (χ1v) is 6.31. The fraction of sp³-hybridized carbons (Fsp3) is 0.385. The molecular weight excluding hydrogens is 266 g/mol. The van der Waals surface area contributed by atoms with Gasteiger partial charge in [-0.3, -0.25) is 0 Å². The minimum atomic E-state index is -0.432. The van der Waals surface area contributed by atoms with Crippen LogP contribution in [0.1, 0.15) is 12.0 Å². The zero-order valence-corrected chi connectivity index (χ0v) is 11.3. The molecule has 6 heteroatoms. The van der Waals surface area contributed by atoms with Crippen molar-refractivity contribution in [3.63, 3.8) is 0 Å². The van der Waals surface area contributed by atoms with E-state index in [0.717, 1.165) is 18.7 Å². The average molecular weight is 280 g/mol. The Morgan fingerprint density at radius 3 is 3.11 bits per heavy atom. The summed E-state index contributed by atoms with van der Waals surface area (Å²) in [6.45, 7) is 1.41. The fourth-order valence-electron chi connectivity index (χ4n) is 2.18. The van der Waals surface area contributed by atoms with E-state index in [2.05, 4.69) is 16.1 Å². The van der Waals surface area contributed by atoms with Crippen LogP contribution in [0.25, 0.3) is 0 Å². The topological polar surface area (TPSA) is 65.4 Å². The lowest BCUT2D eigenvalue weighted by atomic mass is 10.2. The molecule has 0 radical (unpaired) electrons. The van der Waals surface area contributed by atoms with Crippen molar-refractivity contribution >= 4 is 23.4 Å². The van der Waals surface area contributed by atoms with Crippen molar-refractivity contribution in [1.29, 1.82) is 5.26 Å². The van der Waals surface area contributed by atoms with E-state index in [9.17, 15) is 4.79 Å². The molecule has 1 saturated heterocycles. The number of hydrogen-bond acceptors (Lipinski definition) is 4. The van der Waals surface area contributed by atoms with Gasteiger partial charge in [-0.05, 0) is 24.6 Å². The Kier molecular flexibility index (Phi) is 4.13. The van der Waals surface area contributed by atoms with Crippen molar-refractivity contribution in [2.75, 3.05) is 25.1 Å². The highest BCUT2D eigenvalue weighted by Crippen LogP contribution is 2.27. The number of carbonyl (C=O) groups excluding carboxylic acids is 1. The summed E-state index contributed by atoms with van der Waals surface area (Å²) in [7, 11) is 1.34. The Morgan fingerprint density at radius 2 is 2.42 bits per heavy atom. The van der Waals surface area contributed by atoms with Crippen LogP contribution < -0.4 is 10.2 Å². The number of nitrogens with one attached hydrogen (secondary N) is 1. The molecule has 5 nitrogen and oxygen atoms in total. The van der Waals surface area contributed by atoms with Crippen LogP contribution in [0, 0.1) is 11.3 Å². The predicted molar refractivity (Wildman–Crippen MR) is 72.3 cm³/mol. The maximum atomic E-state index is 11.2. The molecule has 1 aromatic rings. The van der Waals surface area contributed by atoms with Crippen LogP contribution in [0.3, 0.4) is 0 Å². The van der Waals surface area contributed by atoms with Gasteiger partial charge in [-0.1, -0.05) is 11.6 Å². The Morgan fingerprint density at radius 1 is 1.63 bits per heavy atom. The van der Waals surface area contributed by atoms with Crippen LogP contribution >= 0.6 is 11.6 Å². The van der Waals surface area contributed by atoms with Crippen molar-refractivity contribution in [3.8, 4) is 6.07 Å². The summed E-state index contributed by atoms with van der Waals surface area (Å²) in [5, 5.41) is 12.5. The molecule has 1 N–H and O–H groups in total. The van der Waals surface area contributed by atoms with E-state index in [1.165, 1.54) is 7.11 Å². The predicted octanol–water partition coefficient (Wildman–Crippen LogP) is 2.15. The number of nitriles is 1. The largest absolute Gasteiger partial charge is 0.453 e. The van der Waals surface area contributed by atoms with Crippen LogP contribution in [0.15, 0.2) is 18.2 Å². The fourth-order valence-corrected chi connectivity index (χ4v) is 2.35. The molecule has 0 saturated carbocycles. The highest BCUT2D eigenvalue weighted by atomic mass is 35.5. The van der Waals surface area contributed by atoms with Crippen molar-refractivity contribution < 1.29 is 9.53 Å². The number of nitrogens with zero attached hydrogens (tertiary/aromatic N) is 2. The molecule has 1 unspecified atom stereocenters. The van der Waals surface area contributed by atoms with Gasteiger partial charge in [-0.25, -0.2) is 4.79 Å². The molecule has 19 heavy (non-hydrogen) atoms. The standard InChI is InChI=1S/C13H14ClN3O2/c1-19-13(18)16-11-4-5-17(8-11)12-6-10(14)3-2-9(12)7-15/h2-3,6,11H,4-5,8H2,1H3,(H,16,18). The number of amides is 1. The Balaban J connectivity index is 2.11. The van der Waals surface area contributed by atoms with E-state index < -0.39 is 6.09 Å². The van der Waals surface area contributed by atoms with Gasteiger partial charge in [0, 0.05) is 18.1 Å². The monoisotopic (exact) mass is 279 g/mol. The van der Waals surface area contributed by atoms with E-state index in [1.807, 2.05) is 4.90 Å². The third-order valence-corrected chi connectivity index (χ3v) is 3.35. The maximum Gasteiger partial charge on any atom is 0.407 e. The minimum Gasteiger partial charge on any atom is -0.453 e. The first-order chi connectivity index (χ1) is 9.13. The highest BCUT2D eigenvalue weighted by Gasteiger charge is 2.25. The van der Waals surface area contributed by atoms with Crippen LogP contribution in [0.2, 0.25) is 5.02 Å². The number of methoxy groups -OCH3 is 1. The lowest BCUT2D eigenvalue weighted by Crippen LogP contribution is -2.37. The van der Waals surface area contributed by atoms with Gasteiger partial charge in [-0.15, -0.1) is 0 Å². The number of alkyl carbamates (subject to hydrolysis) is 1. The van der Waals surface area contributed by atoms with Crippen LogP contribution in [0.5, 0.6) is 0 Å². The molecular formula is C13H14ClN3O2. The summed E-state index contributed by atoms with van der Waals surface area (Å²) >= 11 is 5.97. The Labute approximate surface area is 116 Å². The number of carbonyl (C=O) groups is 1. The second-order valence-corrected chi connectivity index (χ2v) is 4.78. The number of rotatable bonds is 2. The molecule has 0 spiro atoms. The van der Waals surface area contributed by atoms with Gasteiger partial charge in [0.25, 0.3) is 0 Å². The van der Waals surface area contributed by atoms with Crippen LogP contribution in [-0.2, 0) is 4.74 Å². The molecule has 1 fully saturated rings. The van der Waals surface area contributed by atoms with Gasteiger partial charge in [0.05, 0.1) is 24.4 Å². The summed E-state index contributed by atoms with van der Waals surface area (Å²) < 4.78 is 4.58. The van der Waals surface area contributed by atoms with E-state index in [4.69, 9.17) is 16.9 Å².